The number of benzene rings is 2. The zero-order valence-corrected chi connectivity index (χ0v) is 16.2. The topological polar surface area (TPSA) is 26.5 Å². The van der Waals surface area contributed by atoms with Crippen LogP contribution in [0.1, 0.15) is 23.9 Å². The summed E-state index contributed by atoms with van der Waals surface area (Å²) < 4.78 is 8.82. The fourth-order valence-electron chi connectivity index (χ4n) is 2.84. The van der Waals surface area contributed by atoms with E-state index >= 15 is 0 Å². The number of aryl methyl sites for hydroxylation is 1. The Bertz CT molecular complexity index is 878. The van der Waals surface area contributed by atoms with Crippen molar-refractivity contribution < 1.29 is 4.74 Å². The molecule has 3 nitrogen and oxygen atoms in total. The lowest BCUT2D eigenvalue weighted by molar-refractivity contribution is 0.340. The molecule has 0 spiro atoms. The second-order valence-electron chi connectivity index (χ2n) is 5.82. The quantitative estimate of drug-likeness (QED) is 0.485. The van der Waals surface area contributed by atoms with E-state index in [9.17, 15) is 0 Å². The van der Waals surface area contributed by atoms with Gasteiger partial charge in [-0.3, -0.25) is 4.99 Å². The lowest BCUT2D eigenvalue weighted by Gasteiger charge is -2.10. The summed E-state index contributed by atoms with van der Waals surface area (Å²) in [5.74, 6) is 0.894. The molecule has 1 aromatic heterocycles. The van der Waals surface area contributed by atoms with Crippen molar-refractivity contribution in [1.29, 1.82) is 0 Å². The van der Waals surface area contributed by atoms with Crippen LogP contribution >= 0.6 is 15.9 Å². The van der Waals surface area contributed by atoms with E-state index in [1.54, 1.807) is 0 Å². The Labute approximate surface area is 157 Å². The van der Waals surface area contributed by atoms with Crippen molar-refractivity contribution in [2.75, 3.05) is 6.61 Å². The largest absolute Gasteiger partial charge is 0.494 e. The van der Waals surface area contributed by atoms with Crippen LogP contribution in [0.3, 0.4) is 0 Å². The van der Waals surface area contributed by atoms with Crippen LogP contribution in [0, 0.1) is 13.8 Å². The fourth-order valence-corrected chi connectivity index (χ4v) is 3.11. The molecule has 0 saturated carbocycles. The molecule has 3 rings (SSSR count). The summed E-state index contributed by atoms with van der Waals surface area (Å²) in [5.41, 5.74) is 5.53. The Balaban J connectivity index is 1.88. The van der Waals surface area contributed by atoms with E-state index in [4.69, 9.17) is 4.74 Å². The number of hydrogen-bond acceptors (Lipinski definition) is 2. The molecular weight excluding hydrogens is 376 g/mol. The highest BCUT2D eigenvalue weighted by molar-refractivity contribution is 9.10. The predicted octanol–water partition coefficient (Wildman–Crippen LogP) is 6.01. The van der Waals surface area contributed by atoms with Gasteiger partial charge >= 0.3 is 0 Å². The van der Waals surface area contributed by atoms with Crippen molar-refractivity contribution in [1.82, 2.24) is 4.57 Å². The van der Waals surface area contributed by atoms with E-state index < -0.39 is 0 Å². The van der Waals surface area contributed by atoms with E-state index in [0.717, 1.165) is 27.2 Å². The SMILES string of the molecule is CCOc1ccc(-n2c(C)cc(C=Nc3ccc(Br)cc3)c2C)cc1. The summed E-state index contributed by atoms with van der Waals surface area (Å²) in [5, 5.41) is 0. The number of rotatable bonds is 5. The second-order valence-corrected chi connectivity index (χ2v) is 6.74. The van der Waals surface area contributed by atoms with Crippen LogP contribution in [0.4, 0.5) is 5.69 Å². The second kappa shape index (κ2) is 7.70. The number of aromatic nitrogens is 1. The molecule has 0 bridgehead atoms. The van der Waals surface area contributed by atoms with Gasteiger partial charge in [0.15, 0.2) is 0 Å². The molecule has 0 atom stereocenters. The number of hydrogen-bond donors (Lipinski definition) is 0. The van der Waals surface area contributed by atoms with Crippen LogP contribution in [-0.4, -0.2) is 17.4 Å². The summed E-state index contributed by atoms with van der Waals surface area (Å²) in [6.07, 6.45) is 1.93. The van der Waals surface area contributed by atoms with E-state index in [0.29, 0.717) is 6.61 Å². The van der Waals surface area contributed by atoms with Gasteiger partial charge in [-0.05, 0) is 75.4 Å². The van der Waals surface area contributed by atoms with Gasteiger partial charge in [-0.2, -0.15) is 0 Å². The van der Waals surface area contributed by atoms with Gasteiger partial charge in [0.05, 0.1) is 12.3 Å². The van der Waals surface area contributed by atoms with Gasteiger partial charge in [0.25, 0.3) is 0 Å². The minimum absolute atomic E-state index is 0.678. The number of aliphatic imine (C=N–C) groups is 1. The summed E-state index contributed by atoms with van der Waals surface area (Å²) in [7, 11) is 0. The van der Waals surface area contributed by atoms with Crippen molar-refractivity contribution in [2.45, 2.75) is 20.8 Å². The Hall–Kier alpha value is -2.33. The van der Waals surface area contributed by atoms with Crippen molar-refractivity contribution in [2.24, 2.45) is 4.99 Å². The fraction of sp³-hybridized carbons (Fsp3) is 0.190. The van der Waals surface area contributed by atoms with Gasteiger partial charge < -0.3 is 9.30 Å². The lowest BCUT2D eigenvalue weighted by atomic mass is 10.2. The first-order valence-electron chi connectivity index (χ1n) is 8.30. The van der Waals surface area contributed by atoms with E-state index in [2.05, 4.69) is 57.5 Å². The average Bonchev–Trinajstić information content (AvgIpc) is 2.89. The van der Waals surface area contributed by atoms with Gasteiger partial charge in [0.1, 0.15) is 5.75 Å². The number of halogens is 1. The molecule has 0 aliphatic rings. The van der Waals surface area contributed by atoms with E-state index in [1.807, 2.05) is 49.5 Å². The molecule has 128 valence electrons. The molecular formula is C21H21BrN2O. The van der Waals surface area contributed by atoms with Crippen molar-refractivity contribution in [3.63, 3.8) is 0 Å². The highest BCUT2D eigenvalue weighted by atomic mass is 79.9. The molecule has 2 aromatic carbocycles. The molecule has 0 unspecified atom stereocenters. The first kappa shape index (κ1) is 17.5. The normalized spacial score (nSPS) is 11.2. The average molecular weight is 397 g/mol. The molecule has 0 fully saturated rings. The third-order valence-electron chi connectivity index (χ3n) is 4.06. The first-order chi connectivity index (χ1) is 12.1. The van der Waals surface area contributed by atoms with Crippen molar-refractivity contribution in [3.05, 3.63) is 76.0 Å². The number of ether oxygens (including phenoxy) is 1. The maximum atomic E-state index is 5.52. The third kappa shape index (κ3) is 4.02. The molecule has 0 amide bonds. The Kier molecular flexibility index (Phi) is 5.39. The monoisotopic (exact) mass is 396 g/mol. The van der Waals surface area contributed by atoms with Crippen molar-refractivity contribution in [3.8, 4) is 11.4 Å². The van der Waals surface area contributed by atoms with Gasteiger partial charge in [0, 0.05) is 33.3 Å². The lowest BCUT2D eigenvalue weighted by Crippen LogP contribution is -2.00. The Morgan fingerprint density at radius 3 is 2.36 bits per heavy atom. The first-order valence-corrected chi connectivity index (χ1v) is 9.09. The van der Waals surface area contributed by atoms with Crippen LogP contribution in [0.25, 0.3) is 5.69 Å². The molecule has 0 radical (unpaired) electrons. The van der Waals surface area contributed by atoms with Crippen LogP contribution in [0.5, 0.6) is 5.75 Å². The third-order valence-corrected chi connectivity index (χ3v) is 4.58. The maximum absolute atomic E-state index is 5.52. The van der Waals surface area contributed by atoms with Crippen LogP contribution < -0.4 is 4.74 Å². The summed E-state index contributed by atoms with van der Waals surface area (Å²) in [4.78, 5) is 4.59. The van der Waals surface area contributed by atoms with E-state index in [1.165, 1.54) is 11.4 Å². The minimum atomic E-state index is 0.678. The standard InChI is InChI=1S/C21H21BrN2O/c1-4-25-21-11-9-20(10-12-21)24-15(2)13-17(16(24)3)14-23-19-7-5-18(22)6-8-19/h5-14H,4H2,1-3H3. The van der Waals surface area contributed by atoms with Crippen LogP contribution in [0.2, 0.25) is 0 Å². The molecule has 0 aliphatic carbocycles. The zero-order chi connectivity index (χ0) is 17.8. The highest BCUT2D eigenvalue weighted by Gasteiger charge is 2.09. The van der Waals surface area contributed by atoms with Gasteiger partial charge in [-0.1, -0.05) is 15.9 Å². The highest BCUT2D eigenvalue weighted by Crippen LogP contribution is 2.23. The molecule has 0 aliphatic heterocycles. The smallest absolute Gasteiger partial charge is 0.119 e. The predicted molar refractivity (Wildman–Crippen MR) is 108 cm³/mol. The van der Waals surface area contributed by atoms with Gasteiger partial charge in [0.2, 0.25) is 0 Å². The van der Waals surface area contributed by atoms with Crippen LogP contribution in [-0.2, 0) is 0 Å². The zero-order valence-electron chi connectivity index (χ0n) is 14.7. The summed E-state index contributed by atoms with van der Waals surface area (Å²) >= 11 is 3.44. The molecule has 0 saturated heterocycles. The van der Waals surface area contributed by atoms with Gasteiger partial charge in [-0.15, -0.1) is 0 Å². The minimum Gasteiger partial charge on any atom is -0.494 e. The Morgan fingerprint density at radius 2 is 1.72 bits per heavy atom. The van der Waals surface area contributed by atoms with Crippen LogP contribution in [0.15, 0.2) is 64.1 Å². The summed E-state index contributed by atoms with van der Waals surface area (Å²) in [6, 6.07) is 18.3. The summed E-state index contributed by atoms with van der Waals surface area (Å²) in [6.45, 7) is 6.90. The molecule has 4 heteroatoms. The van der Waals surface area contributed by atoms with Crippen molar-refractivity contribution >= 4 is 27.8 Å². The molecule has 3 aromatic rings. The molecule has 0 N–H and O–H groups in total. The van der Waals surface area contributed by atoms with Gasteiger partial charge in [-0.25, -0.2) is 0 Å². The Morgan fingerprint density at radius 1 is 1.04 bits per heavy atom. The number of nitrogens with zero attached hydrogens (tertiary/aromatic N) is 2. The maximum Gasteiger partial charge on any atom is 0.119 e. The van der Waals surface area contributed by atoms with E-state index in [-0.39, 0.29) is 0 Å². The molecule has 1 heterocycles. The molecule has 25 heavy (non-hydrogen) atoms.